The summed E-state index contributed by atoms with van der Waals surface area (Å²) in [6, 6.07) is 14.9. The van der Waals surface area contributed by atoms with Crippen molar-refractivity contribution in [2.75, 3.05) is 6.54 Å². The van der Waals surface area contributed by atoms with Gasteiger partial charge in [-0.3, -0.25) is 4.79 Å². The van der Waals surface area contributed by atoms with Gasteiger partial charge in [0, 0.05) is 10.6 Å². The third kappa shape index (κ3) is 3.84. The van der Waals surface area contributed by atoms with Crippen molar-refractivity contribution in [2.24, 2.45) is 5.73 Å². The van der Waals surface area contributed by atoms with Crippen LogP contribution in [0, 0.1) is 0 Å². The summed E-state index contributed by atoms with van der Waals surface area (Å²) in [5, 5.41) is 3.64. The van der Waals surface area contributed by atoms with E-state index < -0.39 is 0 Å². The summed E-state index contributed by atoms with van der Waals surface area (Å²) in [5.74, 6) is -0.105. The summed E-state index contributed by atoms with van der Waals surface area (Å²) in [6.07, 6.45) is 0.685. The number of amides is 1. The van der Waals surface area contributed by atoms with E-state index in [0.717, 1.165) is 11.1 Å². The summed E-state index contributed by atoms with van der Waals surface area (Å²) in [4.78, 5) is 12.4. The molecule has 0 aliphatic carbocycles. The van der Waals surface area contributed by atoms with Crippen molar-refractivity contribution in [1.29, 1.82) is 0 Å². The summed E-state index contributed by atoms with van der Waals surface area (Å²) in [5.41, 5.74) is 8.13. The second-order valence-electron chi connectivity index (χ2n) is 4.91. The van der Waals surface area contributed by atoms with E-state index in [1.165, 1.54) is 0 Å². The van der Waals surface area contributed by atoms with Crippen LogP contribution >= 0.6 is 11.6 Å². The predicted octanol–water partition coefficient (Wildman–Crippen LogP) is 3.33. The molecule has 0 aliphatic heterocycles. The quantitative estimate of drug-likeness (QED) is 0.890. The molecular weight excluding hydrogens is 284 g/mol. The fourth-order valence-electron chi connectivity index (χ4n) is 2.29. The number of carbonyl (C=O) groups excluding carboxylic acids is 1. The molecule has 2 aromatic carbocycles. The first-order valence-corrected chi connectivity index (χ1v) is 7.34. The summed E-state index contributed by atoms with van der Waals surface area (Å²) in [6.45, 7) is 2.44. The fraction of sp³-hybridized carbons (Fsp3) is 0.235. The van der Waals surface area contributed by atoms with Crippen molar-refractivity contribution in [2.45, 2.75) is 19.4 Å². The monoisotopic (exact) mass is 302 g/mol. The van der Waals surface area contributed by atoms with E-state index >= 15 is 0 Å². The summed E-state index contributed by atoms with van der Waals surface area (Å²) >= 11 is 6.16. The van der Waals surface area contributed by atoms with Gasteiger partial charge in [-0.2, -0.15) is 0 Å². The van der Waals surface area contributed by atoms with E-state index in [4.69, 9.17) is 17.3 Å². The number of benzene rings is 2. The highest BCUT2D eigenvalue weighted by atomic mass is 35.5. The molecule has 0 fully saturated rings. The first kappa shape index (κ1) is 15.5. The normalized spacial score (nSPS) is 12.0. The molecule has 0 aromatic heterocycles. The van der Waals surface area contributed by atoms with E-state index in [-0.39, 0.29) is 11.9 Å². The maximum atomic E-state index is 12.4. The number of nitrogens with one attached hydrogen (secondary N) is 1. The molecular formula is C17H19ClN2O. The van der Waals surface area contributed by atoms with Gasteiger partial charge in [0.15, 0.2) is 0 Å². The van der Waals surface area contributed by atoms with Crippen LogP contribution in [0.2, 0.25) is 5.02 Å². The number of hydrogen-bond acceptors (Lipinski definition) is 2. The molecule has 0 saturated heterocycles. The van der Waals surface area contributed by atoms with Crippen molar-refractivity contribution in [3.05, 3.63) is 70.2 Å². The highest BCUT2D eigenvalue weighted by Gasteiger charge is 2.15. The van der Waals surface area contributed by atoms with Gasteiger partial charge in [0.05, 0.1) is 6.04 Å². The Bertz CT molecular complexity index is 628. The molecule has 110 valence electrons. The second-order valence-corrected chi connectivity index (χ2v) is 5.32. The van der Waals surface area contributed by atoms with Crippen LogP contribution in [0.15, 0.2) is 48.5 Å². The Hall–Kier alpha value is -1.84. The Morgan fingerprint density at radius 3 is 2.57 bits per heavy atom. The molecule has 4 heteroatoms. The average molecular weight is 303 g/mol. The van der Waals surface area contributed by atoms with Crippen LogP contribution in [-0.4, -0.2) is 12.5 Å². The topological polar surface area (TPSA) is 55.1 Å². The van der Waals surface area contributed by atoms with Crippen LogP contribution in [0.4, 0.5) is 0 Å². The van der Waals surface area contributed by atoms with Crippen molar-refractivity contribution >= 4 is 17.5 Å². The average Bonchev–Trinajstić information content (AvgIpc) is 2.48. The molecule has 0 saturated carbocycles. The van der Waals surface area contributed by atoms with Gasteiger partial charge in [-0.05, 0) is 43.1 Å². The Morgan fingerprint density at radius 1 is 1.19 bits per heavy atom. The van der Waals surface area contributed by atoms with Gasteiger partial charge >= 0.3 is 0 Å². The minimum atomic E-state index is -0.155. The molecule has 0 heterocycles. The van der Waals surface area contributed by atoms with E-state index in [1.807, 2.05) is 55.5 Å². The van der Waals surface area contributed by atoms with Crippen molar-refractivity contribution in [3.8, 4) is 0 Å². The van der Waals surface area contributed by atoms with Gasteiger partial charge < -0.3 is 11.1 Å². The van der Waals surface area contributed by atoms with Gasteiger partial charge in [0.25, 0.3) is 5.91 Å². The second kappa shape index (κ2) is 7.25. The Morgan fingerprint density at radius 2 is 1.86 bits per heavy atom. The lowest BCUT2D eigenvalue weighted by molar-refractivity contribution is 0.0939. The molecule has 3 nitrogen and oxygen atoms in total. The maximum absolute atomic E-state index is 12.4. The van der Waals surface area contributed by atoms with E-state index in [2.05, 4.69) is 5.32 Å². The highest BCUT2D eigenvalue weighted by Crippen LogP contribution is 2.22. The van der Waals surface area contributed by atoms with Crippen LogP contribution in [0.25, 0.3) is 0 Å². The summed E-state index contributed by atoms with van der Waals surface area (Å²) in [7, 11) is 0. The minimum Gasteiger partial charge on any atom is -0.345 e. The van der Waals surface area contributed by atoms with Crippen LogP contribution in [-0.2, 0) is 6.42 Å². The zero-order valence-corrected chi connectivity index (χ0v) is 12.7. The molecule has 0 spiro atoms. The van der Waals surface area contributed by atoms with Crippen molar-refractivity contribution < 1.29 is 4.79 Å². The van der Waals surface area contributed by atoms with Gasteiger partial charge in [-0.25, -0.2) is 0 Å². The fourth-order valence-corrected chi connectivity index (χ4v) is 2.59. The molecule has 21 heavy (non-hydrogen) atoms. The first-order valence-electron chi connectivity index (χ1n) is 6.96. The number of hydrogen-bond donors (Lipinski definition) is 2. The third-order valence-electron chi connectivity index (χ3n) is 3.39. The Balaban J connectivity index is 2.17. The number of nitrogens with two attached hydrogens (primary N) is 1. The molecule has 0 unspecified atom stereocenters. The SMILES string of the molecule is C[C@@H](NC(=O)c1ccccc1CCN)c1ccccc1Cl. The van der Waals surface area contributed by atoms with Crippen LogP contribution in [0.5, 0.6) is 0 Å². The molecule has 0 radical (unpaired) electrons. The van der Waals surface area contributed by atoms with Crippen LogP contribution in [0.3, 0.4) is 0 Å². The van der Waals surface area contributed by atoms with E-state index in [0.29, 0.717) is 23.6 Å². The van der Waals surface area contributed by atoms with Crippen LogP contribution < -0.4 is 11.1 Å². The lowest BCUT2D eigenvalue weighted by Crippen LogP contribution is -2.28. The minimum absolute atomic E-state index is 0.105. The zero-order valence-electron chi connectivity index (χ0n) is 12.0. The first-order chi connectivity index (χ1) is 10.1. The largest absolute Gasteiger partial charge is 0.345 e. The molecule has 1 amide bonds. The van der Waals surface area contributed by atoms with Gasteiger partial charge in [-0.15, -0.1) is 0 Å². The van der Waals surface area contributed by atoms with Gasteiger partial charge in [0.1, 0.15) is 0 Å². The van der Waals surface area contributed by atoms with Crippen molar-refractivity contribution in [3.63, 3.8) is 0 Å². The molecule has 0 bridgehead atoms. The van der Waals surface area contributed by atoms with Gasteiger partial charge in [-0.1, -0.05) is 48.0 Å². The molecule has 2 aromatic rings. The predicted molar refractivity (Wildman–Crippen MR) is 86.5 cm³/mol. The molecule has 3 N–H and O–H groups in total. The van der Waals surface area contributed by atoms with E-state index in [1.54, 1.807) is 0 Å². The van der Waals surface area contributed by atoms with Gasteiger partial charge in [0.2, 0.25) is 0 Å². The number of carbonyl (C=O) groups is 1. The van der Waals surface area contributed by atoms with Crippen LogP contribution in [0.1, 0.15) is 34.5 Å². The Kier molecular flexibility index (Phi) is 5.37. The zero-order chi connectivity index (χ0) is 15.2. The Labute approximate surface area is 130 Å². The number of rotatable bonds is 5. The van der Waals surface area contributed by atoms with Crippen molar-refractivity contribution in [1.82, 2.24) is 5.32 Å². The molecule has 1 atom stereocenters. The lowest BCUT2D eigenvalue weighted by atomic mass is 10.0. The number of halogens is 1. The standard InChI is InChI=1S/C17H19ClN2O/c1-12(14-7-4-5-9-16(14)18)20-17(21)15-8-3-2-6-13(15)10-11-19/h2-9,12H,10-11,19H2,1H3,(H,20,21)/t12-/m1/s1. The maximum Gasteiger partial charge on any atom is 0.252 e. The lowest BCUT2D eigenvalue weighted by Gasteiger charge is -2.17. The van der Waals surface area contributed by atoms with E-state index in [9.17, 15) is 4.79 Å². The molecule has 0 aliphatic rings. The summed E-state index contributed by atoms with van der Waals surface area (Å²) < 4.78 is 0. The third-order valence-corrected chi connectivity index (χ3v) is 3.74. The highest BCUT2D eigenvalue weighted by molar-refractivity contribution is 6.31. The smallest absolute Gasteiger partial charge is 0.252 e. The molecule has 2 rings (SSSR count).